The molecular formula is C38H57ClN10O5. The number of hydrogen-bond donors (Lipinski definition) is 6. The summed E-state index contributed by atoms with van der Waals surface area (Å²) in [4.78, 5) is 69.0. The number of fused-ring (bicyclic) bond motifs is 2. The summed E-state index contributed by atoms with van der Waals surface area (Å²) in [5, 5.41) is 19.3. The van der Waals surface area contributed by atoms with Crippen LogP contribution in [0, 0.1) is 5.92 Å². The highest BCUT2D eigenvalue weighted by molar-refractivity contribution is 6.25. The molecule has 6 aliphatic rings. The lowest BCUT2D eigenvalue weighted by molar-refractivity contribution is -0.136. The van der Waals surface area contributed by atoms with Gasteiger partial charge in [-0.25, -0.2) is 5.01 Å². The van der Waals surface area contributed by atoms with Gasteiger partial charge in [-0.1, -0.05) is 32.8 Å². The maximum Gasteiger partial charge on any atom is 0.264 e. The Morgan fingerprint density at radius 3 is 2.52 bits per heavy atom. The van der Waals surface area contributed by atoms with Crippen LogP contribution in [0.3, 0.4) is 0 Å². The van der Waals surface area contributed by atoms with Gasteiger partial charge in [0.25, 0.3) is 11.8 Å². The van der Waals surface area contributed by atoms with Crippen molar-refractivity contribution in [2.75, 3.05) is 57.7 Å². The standard InChI is InChI=1S/C38H57ClN10O5/c1-3-23(4-2)29-20-31(49-35(44-29)27(39)21-42-49)43-25-10-9-24(19-25)41-22-33(51)47-17-15-46(16-18-47)14-6-13-40-28-8-5-7-26-34(28)38(54)48(37(26)53)30-11-12-32(50)45-36(30)52/h5,7-8,23-25,27,29-31,35,40-44H,3-4,6,9-22H2,1-2H3,(H,45,50,52)/t24-,25-,27?,29?,30?,31?,35?/m0/s1. The number of alkyl halides is 1. The van der Waals surface area contributed by atoms with Crippen LogP contribution < -0.4 is 32.0 Å². The maximum atomic E-state index is 13.4. The van der Waals surface area contributed by atoms with Crippen molar-refractivity contribution in [2.45, 2.75) is 114 Å². The van der Waals surface area contributed by atoms with Crippen molar-refractivity contribution in [3.05, 3.63) is 29.3 Å². The van der Waals surface area contributed by atoms with Crippen LogP contribution in [0.2, 0.25) is 0 Å². The normalized spacial score (nSPS) is 30.6. The Labute approximate surface area is 322 Å². The maximum absolute atomic E-state index is 13.4. The van der Waals surface area contributed by atoms with Crippen molar-refractivity contribution >= 4 is 46.8 Å². The lowest BCUT2D eigenvalue weighted by Crippen LogP contribution is -2.67. The Morgan fingerprint density at radius 1 is 0.981 bits per heavy atom. The molecule has 16 heteroatoms. The fraction of sp³-hybridized carbons (Fsp3) is 0.711. The van der Waals surface area contributed by atoms with E-state index in [0.29, 0.717) is 55.9 Å². The average molecular weight is 769 g/mol. The molecule has 5 heterocycles. The van der Waals surface area contributed by atoms with Crippen LogP contribution in [0.15, 0.2) is 18.2 Å². The Kier molecular flexibility index (Phi) is 12.5. The third kappa shape index (κ3) is 8.32. The zero-order valence-corrected chi connectivity index (χ0v) is 32.3. The second-order valence-corrected chi connectivity index (χ2v) is 16.3. The number of piperazine rings is 1. The molecule has 1 aliphatic carbocycles. The molecule has 7 rings (SSSR count). The van der Waals surface area contributed by atoms with Crippen LogP contribution in [0.25, 0.3) is 0 Å². The molecule has 1 aromatic rings. The van der Waals surface area contributed by atoms with E-state index in [4.69, 9.17) is 11.6 Å². The molecule has 0 bridgehead atoms. The molecule has 0 radical (unpaired) electrons. The summed E-state index contributed by atoms with van der Waals surface area (Å²) in [5.41, 5.74) is 4.62. The minimum Gasteiger partial charge on any atom is -0.384 e. The highest BCUT2D eigenvalue weighted by atomic mass is 35.5. The fourth-order valence-electron chi connectivity index (χ4n) is 9.38. The third-order valence-corrected chi connectivity index (χ3v) is 12.9. The van der Waals surface area contributed by atoms with E-state index < -0.39 is 29.7 Å². The number of nitrogens with zero attached hydrogens (tertiary/aromatic N) is 4. The first-order valence-corrected chi connectivity index (χ1v) is 20.6. The molecule has 1 saturated carbocycles. The van der Waals surface area contributed by atoms with Gasteiger partial charge < -0.3 is 15.5 Å². The third-order valence-electron chi connectivity index (χ3n) is 12.5. The summed E-state index contributed by atoms with van der Waals surface area (Å²) in [5.74, 6) is -1.26. The zero-order valence-electron chi connectivity index (χ0n) is 31.6. The molecule has 0 aromatic heterocycles. The van der Waals surface area contributed by atoms with Crippen LogP contribution in [0.1, 0.15) is 92.4 Å². The first-order valence-electron chi connectivity index (χ1n) is 20.1. The van der Waals surface area contributed by atoms with E-state index in [1.165, 1.54) is 0 Å². The van der Waals surface area contributed by atoms with E-state index in [9.17, 15) is 24.0 Å². The molecular weight excluding hydrogens is 712 g/mol. The number of carbonyl (C=O) groups excluding carboxylic acids is 5. The largest absolute Gasteiger partial charge is 0.384 e. The van der Waals surface area contributed by atoms with E-state index >= 15 is 0 Å². The molecule has 15 nitrogen and oxygen atoms in total. The Hall–Kier alpha value is -3.18. The quantitative estimate of drug-likeness (QED) is 0.0904. The van der Waals surface area contributed by atoms with Crippen LogP contribution in [0.4, 0.5) is 5.69 Å². The molecule has 6 N–H and O–H groups in total. The van der Waals surface area contributed by atoms with Crippen LogP contribution in [-0.4, -0.2) is 143 Å². The van der Waals surface area contributed by atoms with Crippen LogP contribution in [-0.2, 0) is 14.4 Å². The lowest BCUT2D eigenvalue weighted by Gasteiger charge is -2.46. The van der Waals surface area contributed by atoms with Crippen molar-refractivity contribution in [2.24, 2.45) is 5.92 Å². The Bertz CT molecular complexity index is 1570. The zero-order chi connectivity index (χ0) is 37.9. The summed E-state index contributed by atoms with van der Waals surface area (Å²) in [6.07, 6.45) is 7.88. The molecule has 1 aromatic carbocycles. The first kappa shape index (κ1) is 39.1. The smallest absolute Gasteiger partial charge is 0.264 e. The summed E-state index contributed by atoms with van der Waals surface area (Å²) in [6, 6.07) is 5.27. The van der Waals surface area contributed by atoms with Gasteiger partial charge in [0.1, 0.15) is 6.04 Å². The second kappa shape index (κ2) is 17.3. The van der Waals surface area contributed by atoms with Gasteiger partial charge in [0.05, 0.1) is 35.4 Å². The van der Waals surface area contributed by atoms with Gasteiger partial charge in [-0.3, -0.25) is 55.1 Å². The van der Waals surface area contributed by atoms with Crippen LogP contribution >= 0.6 is 11.6 Å². The topological polar surface area (TPSA) is 170 Å². The number of imide groups is 2. The van der Waals surface area contributed by atoms with Gasteiger partial charge in [0.2, 0.25) is 17.7 Å². The molecule has 5 aliphatic heterocycles. The molecule has 4 saturated heterocycles. The van der Waals surface area contributed by atoms with Gasteiger partial charge in [0.15, 0.2) is 0 Å². The van der Waals surface area contributed by atoms with Crippen molar-refractivity contribution in [3.63, 3.8) is 0 Å². The SMILES string of the molecule is CCC(CC)C1CC(N[C@H]2CC[C@H](NCC(=O)N3CCN(CCCNc4cccc5c4C(=O)N(C4CCC(=O)NC4=O)C5=O)CC3)C2)N2NCC(Cl)C2N1. The lowest BCUT2D eigenvalue weighted by atomic mass is 9.88. The Balaban J connectivity index is 0.804. The molecule has 296 valence electrons. The monoisotopic (exact) mass is 768 g/mol. The van der Waals surface area contributed by atoms with E-state index in [1.54, 1.807) is 18.2 Å². The van der Waals surface area contributed by atoms with E-state index in [1.807, 2.05) is 4.90 Å². The predicted molar refractivity (Wildman–Crippen MR) is 204 cm³/mol. The number of hydrazine groups is 1. The predicted octanol–water partition coefficient (Wildman–Crippen LogP) is 1.01. The van der Waals surface area contributed by atoms with Gasteiger partial charge in [-0.2, -0.15) is 0 Å². The van der Waals surface area contributed by atoms with Crippen LogP contribution in [0.5, 0.6) is 0 Å². The summed E-state index contributed by atoms with van der Waals surface area (Å²) in [7, 11) is 0. The molecule has 5 unspecified atom stereocenters. The molecule has 54 heavy (non-hydrogen) atoms. The van der Waals surface area contributed by atoms with Gasteiger partial charge in [-0.05, 0) is 63.1 Å². The molecule has 7 atom stereocenters. The van der Waals surface area contributed by atoms with Crippen molar-refractivity contribution in [3.8, 4) is 0 Å². The number of benzene rings is 1. The first-order chi connectivity index (χ1) is 26.1. The van der Waals surface area contributed by atoms with Crippen molar-refractivity contribution in [1.82, 2.24) is 46.4 Å². The number of carbonyl (C=O) groups is 5. The minimum atomic E-state index is -0.991. The number of nitrogens with one attached hydrogen (secondary N) is 6. The number of amides is 5. The van der Waals surface area contributed by atoms with Crippen molar-refractivity contribution < 1.29 is 24.0 Å². The fourth-order valence-corrected chi connectivity index (χ4v) is 9.65. The van der Waals surface area contributed by atoms with Crippen molar-refractivity contribution in [1.29, 1.82) is 0 Å². The van der Waals surface area contributed by atoms with Gasteiger partial charge in [-0.15, -0.1) is 11.6 Å². The number of rotatable bonds is 14. The average Bonchev–Trinajstić information content (AvgIpc) is 3.86. The summed E-state index contributed by atoms with van der Waals surface area (Å²) < 4.78 is 0. The number of piperidine rings is 1. The highest BCUT2D eigenvalue weighted by Crippen LogP contribution is 2.33. The number of halogens is 1. The molecule has 5 fully saturated rings. The number of hydrogen-bond acceptors (Lipinski definition) is 12. The second-order valence-electron chi connectivity index (χ2n) is 15.8. The van der Waals surface area contributed by atoms with E-state index in [0.717, 1.165) is 76.0 Å². The minimum absolute atomic E-state index is 0.0419. The molecule has 0 spiro atoms. The van der Waals surface area contributed by atoms with E-state index in [-0.39, 0.29) is 47.6 Å². The summed E-state index contributed by atoms with van der Waals surface area (Å²) in [6.45, 7) is 10.1. The van der Waals surface area contributed by atoms with Gasteiger partial charge in [0, 0.05) is 69.5 Å². The molecule has 5 amide bonds. The summed E-state index contributed by atoms with van der Waals surface area (Å²) >= 11 is 6.71. The van der Waals surface area contributed by atoms with E-state index in [2.05, 4.69) is 55.8 Å². The highest BCUT2D eigenvalue weighted by Gasteiger charge is 2.47. The number of anilines is 1. The van der Waals surface area contributed by atoms with Gasteiger partial charge >= 0.3 is 0 Å². The Morgan fingerprint density at radius 2 is 1.76 bits per heavy atom.